The van der Waals surface area contributed by atoms with E-state index in [1.807, 2.05) is 0 Å². The molecule has 0 fully saturated rings. The predicted molar refractivity (Wildman–Crippen MR) is 76.5 cm³/mol. The van der Waals surface area contributed by atoms with Crippen LogP contribution in [0.25, 0.3) is 0 Å². The van der Waals surface area contributed by atoms with Gasteiger partial charge in [-0.25, -0.2) is 8.78 Å². The van der Waals surface area contributed by atoms with Crippen LogP contribution in [0.5, 0.6) is 5.75 Å². The minimum atomic E-state index is -0.849. The Hall–Kier alpha value is -2.14. The standard InChI is InChI=1S/C15H12ClF2NO2/c1-9(21-14-7-4-11(18)8-13(14)16)15(20)19-12-5-2-10(17)3-6-12/h2-9H,1H3,(H,19,20)/t9-/m0/s1. The van der Waals surface area contributed by atoms with Crippen molar-refractivity contribution in [1.82, 2.24) is 0 Å². The molecule has 21 heavy (non-hydrogen) atoms. The first-order chi connectivity index (χ1) is 9.95. The summed E-state index contributed by atoms with van der Waals surface area (Å²) in [6.45, 7) is 1.53. The van der Waals surface area contributed by atoms with Crippen LogP contribution in [0.4, 0.5) is 14.5 Å². The molecule has 0 unspecified atom stereocenters. The minimum absolute atomic E-state index is 0.0800. The number of ether oxygens (including phenoxy) is 1. The lowest BCUT2D eigenvalue weighted by atomic mass is 10.3. The maximum absolute atomic E-state index is 12.9. The van der Waals surface area contributed by atoms with Gasteiger partial charge in [0.2, 0.25) is 0 Å². The van der Waals surface area contributed by atoms with Crippen LogP contribution >= 0.6 is 11.6 Å². The lowest BCUT2D eigenvalue weighted by Gasteiger charge is -2.15. The zero-order valence-corrected chi connectivity index (χ0v) is 11.8. The molecule has 6 heteroatoms. The third-order valence-corrected chi connectivity index (χ3v) is 2.97. The van der Waals surface area contributed by atoms with E-state index in [0.717, 1.165) is 6.07 Å². The molecule has 0 bridgehead atoms. The van der Waals surface area contributed by atoms with Crippen LogP contribution in [0.3, 0.4) is 0 Å². The van der Waals surface area contributed by atoms with Crippen LogP contribution in [0.15, 0.2) is 42.5 Å². The second kappa shape index (κ2) is 6.54. The Morgan fingerprint density at radius 3 is 2.38 bits per heavy atom. The number of carbonyl (C=O) groups is 1. The van der Waals surface area contributed by atoms with Crippen molar-refractivity contribution in [2.24, 2.45) is 0 Å². The van der Waals surface area contributed by atoms with E-state index in [-0.39, 0.29) is 10.8 Å². The topological polar surface area (TPSA) is 38.3 Å². The smallest absolute Gasteiger partial charge is 0.265 e. The monoisotopic (exact) mass is 311 g/mol. The summed E-state index contributed by atoms with van der Waals surface area (Å²) in [5, 5.41) is 2.65. The average molecular weight is 312 g/mol. The summed E-state index contributed by atoms with van der Waals surface area (Å²) in [7, 11) is 0. The van der Waals surface area contributed by atoms with Gasteiger partial charge in [0.1, 0.15) is 17.4 Å². The molecule has 2 aromatic rings. The molecule has 0 heterocycles. The van der Waals surface area contributed by atoms with Crippen molar-refractivity contribution >= 4 is 23.2 Å². The second-order valence-corrected chi connectivity index (χ2v) is 4.74. The van der Waals surface area contributed by atoms with Gasteiger partial charge in [-0.2, -0.15) is 0 Å². The van der Waals surface area contributed by atoms with Crippen LogP contribution in [0.2, 0.25) is 5.02 Å². The van der Waals surface area contributed by atoms with Gasteiger partial charge in [-0.15, -0.1) is 0 Å². The van der Waals surface area contributed by atoms with Gasteiger partial charge >= 0.3 is 0 Å². The van der Waals surface area contributed by atoms with Crippen molar-refractivity contribution in [2.75, 3.05) is 5.32 Å². The maximum Gasteiger partial charge on any atom is 0.265 e. The number of carbonyl (C=O) groups excluding carboxylic acids is 1. The Morgan fingerprint density at radius 1 is 1.14 bits per heavy atom. The maximum atomic E-state index is 12.9. The number of amides is 1. The molecule has 110 valence electrons. The highest BCUT2D eigenvalue weighted by molar-refractivity contribution is 6.32. The van der Waals surface area contributed by atoms with Gasteiger partial charge in [0.25, 0.3) is 5.91 Å². The molecule has 0 aliphatic heterocycles. The molecular formula is C15H12ClF2NO2. The largest absolute Gasteiger partial charge is 0.479 e. The van der Waals surface area contributed by atoms with Crippen molar-refractivity contribution in [3.05, 3.63) is 59.1 Å². The van der Waals surface area contributed by atoms with E-state index in [2.05, 4.69) is 5.32 Å². The Bertz CT molecular complexity index is 647. The number of halogens is 3. The summed E-state index contributed by atoms with van der Waals surface area (Å²) >= 11 is 5.82. The van der Waals surface area contributed by atoms with E-state index in [0.29, 0.717) is 5.69 Å². The van der Waals surface area contributed by atoms with Crippen LogP contribution in [-0.2, 0) is 4.79 Å². The molecule has 0 saturated carbocycles. The SMILES string of the molecule is C[C@H](Oc1ccc(F)cc1Cl)C(=O)Nc1ccc(F)cc1. The number of anilines is 1. The van der Waals surface area contributed by atoms with Crippen molar-refractivity contribution in [3.63, 3.8) is 0 Å². The highest BCUT2D eigenvalue weighted by Gasteiger charge is 2.16. The first kappa shape index (κ1) is 15.3. The number of benzene rings is 2. The Labute approximate surface area is 125 Å². The molecule has 1 amide bonds. The molecule has 1 atom stereocenters. The van der Waals surface area contributed by atoms with Gasteiger partial charge in [-0.05, 0) is 49.4 Å². The summed E-state index contributed by atoms with van der Waals surface area (Å²) < 4.78 is 31.1. The van der Waals surface area contributed by atoms with Gasteiger partial charge < -0.3 is 10.1 Å². The molecule has 0 saturated heterocycles. The molecule has 0 aromatic heterocycles. The van der Waals surface area contributed by atoms with Crippen molar-refractivity contribution in [3.8, 4) is 5.75 Å². The third-order valence-electron chi connectivity index (χ3n) is 2.68. The van der Waals surface area contributed by atoms with Crippen LogP contribution < -0.4 is 10.1 Å². The van der Waals surface area contributed by atoms with Crippen LogP contribution in [0.1, 0.15) is 6.92 Å². The number of hydrogen-bond acceptors (Lipinski definition) is 2. The zero-order valence-electron chi connectivity index (χ0n) is 11.1. The summed E-state index contributed by atoms with van der Waals surface area (Å²) in [5.41, 5.74) is 0.446. The molecule has 0 spiro atoms. The second-order valence-electron chi connectivity index (χ2n) is 4.33. The van der Waals surface area contributed by atoms with Crippen molar-refractivity contribution in [1.29, 1.82) is 0 Å². The van der Waals surface area contributed by atoms with Gasteiger partial charge in [0, 0.05) is 5.69 Å². The van der Waals surface area contributed by atoms with Crippen LogP contribution in [-0.4, -0.2) is 12.0 Å². The summed E-state index contributed by atoms with van der Waals surface area (Å²) in [6, 6.07) is 8.97. The fourth-order valence-electron chi connectivity index (χ4n) is 1.59. The summed E-state index contributed by atoms with van der Waals surface area (Å²) in [6.07, 6.45) is -0.849. The van der Waals surface area contributed by atoms with Gasteiger partial charge in [-0.3, -0.25) is 4.79 Å². The Kier molecular flexibility index (Phi) is 4.75. The minimum Gasteiger partial charge on any atom is -0.479 e. The molecule has 2 rings (SSSR count). The number of hydrogen-bond donors (Lipinski definition) is 1. The van der Waals surface area contributed by atoms with E-state index in [1.54, 1.807) is 0 Å². The van der Waals surface area contributed by atoms with Gasteiger partial charge in [0.05, 0.1) is 5.02 Å². The molecule has 0 aliphatic rings. The predicted octanol–water partition coefficient (Wildman–Crippen LogP) is 4.02. The summed E-state index contributed by atoms with van der Waals surface area (Å²) in [5.74, 6) is -1.10. The molecular weight excluding hydrogens is 300 g/mol. The van der Waals surface area contributed by atoms with E-state index in [4.69, 9.17) is 16.3 Å². The lowest BCUT2D eigenvalue weighted by molar-refractivity contribution is -0.122. The molecule has 1 N–H and O–H groups in total. The molecule has 0 radical (unpaired) electrons. The molecule has 2 aromatic carbocycles. The van der Waals surface area contributed by atoms with E-state index >= 15 is 0 Å². The molecule has 3 nitrogen and oxygen atoms in total. The van der Waals surface area contributed by atoms with Crippen molar-refractivity contribution < 1.29 is 18.3 Å². The van der Waals surface area contributed by atoms with E-state index in [9.17, 15) is 13.6 Å². The Morgan fingerprint density at radius 2 is 1.76 bits per heavy atom. The zero-order chi connectivity index (χ0) is 15.4. The fraction of sp³-hybridized carbons (Fsp3) is 0.133. The average Bonchev–Trinajstić information content (AvgIpc) is 2.44. The van der Waals surface area contributed by atoms with E-state index in [1.165, 1.54) is 43.3 Å². The quantitative estimate of drug-likeness (QED) is 0.926. The van der Waals surface area contributed by atoms with E-state index < -0.39 is 23.6 Å². The van der Waals surface area contributed by atoms with Gasteiger partial charge in [-0.1, -0.05) is 11.6 Å². The Balaban J connectivity index is 2.00. The summed E-state index contributed by atoms with van der Waals surface area (Å²) in [4.78, 5) is 11.9. The third kappa shape index (κ3) is 4.16. The lowest BCUT2D eigenvalue weighted by Crippen LogP contribution is -2.30. The number of nitrogens with one attached hydrogen (secondary N) is 1. The van der Waals surface area contributed by atoms with Gasteiger partial charge in [0.15, 0.2) is 6.10 Å². The number of rotatable bonds is 4. The highest BCUT2D eigenvalue weighted by atomic mass is 35.5. The normalized spacial score (nSPS) is 11.8. The fourth-order valence-corrected chi connectivity index (χ4v) is 1.80. The first-order valence-corrected chi connectivity index (χ1v) is 6.51. The van der Waals surface area contributed by atoms with Crippen LogP contribution in [0, 0.1) is 11.6 Å². The first-order valence-electron chi connectivity index (χ1n) is 6.14. The van der Waals surface area contributed by atoms with Crippen molar-refractivity contribution in [2.45, 2.75) is 13.0 Å². The molecule has 0 aliphatic carbocycles. The highest BCUT2D eigenvalue weighted by Crippen LogP contribution is 2.26.